The first-order valence-corrected chi connectivity index (χ1v) is 5.46. The van der Waals surface area contributed by atoms with Crippen LogP contribution in [0, 0.1) is 5.92 Å². The lowest BCUT2D eigenvalue weighted by molar-refractivity contribution is 0.174. The highest BCUT2D eigenvalue weighted by Crippen LogP contribution is 2.33. The first kappa shape index (κ1) is 11.0. The summed E-state index contributed by atoms with van der Waals surface area (Å²) in [4.78, 5) is 2.56. The normalized spacial score (nSPS) is 28.2. The summed E-state index contributed by atoms with van der Waals surface area (Å²) in [6, 6.07) is 0. The Morgan fingerprint density at radius 1 is 1.46 bits per heavy atom. The van der Waals surface area contributed by atoms with E-state index in [9.17, 15) is 0 Å². The highest BCUT2D eigenvalue weighted by atomic mass is 16.3. The molecule has 0 saturated carbocycles. The summed E-state index contributed by atoms with van der Waals surface area (Å²) >= 11 is 0. The second kappa shape index (κ2) is 4.43. The number of likely N-dealkylation sites (tertiary alicyclic amines) is 1. The predicted molar refractivity (Wildman–Crippen MR) is 55.8 cm³/mol. The summed E-state index contributed by atoms with van der Waals surface area (Å²) in [5, 5.41) is 8.89. The van der Waals surface area contributed by atoms with Crippen LogP contribution in [0.1, 0.15) is 40.0 Å². The van der Waals surface area contributed by atoms with Crippen molar-refractivity contribution in [2.75, 3.05) is 19.7 Å². The van der Waals surface area contributed by atoms with E-state index in [0.717, 1.165) is 6.42 Å². The van der Waals surface area contributed by atoms with E-state index >= 15 is 0 Å². The van der Waals surface area contributed by atoms with E-state index in [1.807, 2.05) is 0 Å². The smallest absolute Gasteiger partial charge is 0.0434 e. The van der Waals surface area contributed by atoms with Crippen molar-refractivity contribution < 1.29 is 5.11 Å². The van der Waals surface area contributed by atoms with Gasteiger partial charge in [-0.1, -0.05) is 6.92 Å². The minimum Gasteiger partial charge on any atom is -0.396 e. The van der Waals surface area contributed by atoms with Crippen LogP contribution in [0.4, 0.5) is 0 Å². The van der Waals surface area contributed by atoms with Gasteiger partial charge >= 0.3 is 0 Å². The minimum absolute atomic E-state index is 0.348. The Kier molecular flexibility index (Phi) is 3.74. The Balaban J connectivity index is 2.47. The van der Waals surface area contributed by atoms with E-state index in [0.29, 0.717) is 18.1 Å². The molecule has 13 heavy (non-hydrogen) atoms. The molecule has 0 aromatic rings. The van der Waals surface area contributed by atoms with Gasteiger partial charge in [0.05, 0.1) is 0 Å². The average Bonchev–Trinajstić information content (AvgIpc) is 2.28. The lowest BCUT2D eigenvalue weighted by atomic mass is 9.94. The van der Waals surface area contributed by atoms with Crippen molar-refractivity contribution in [2.24, 2.45) is 5.92 Å². The third-order valence-corrected chi connectivity index (χ3v) is 3.15. The maximum Gasteiger partial charge on any atom is 0.0434 e. The zero-order valence-electron chi connectivity index (χ0n) is 9.21. The van der Waals surface area contributed by atoms with Gasteiger partial charge in [0.15, 0.2) is 0 Å². The van der Waals surface area contributed by atoms with Gasteiger partial charge in [0.1, 0.15) is 0 Å². The maximum atomic E-state index is 8.89. The van der Waals surface area contributed by atoms with E-state index in [4.69, 9.17) is 5.11 Å². The standard InChI is InChI=1S/C11H23NO/c1-4-6-12-9-10(5-7-13)8-11(12,2)3/h10,13H,4-9H2,1-3H3. The Morgan fingerprint density at radius 3 is 2.69 bits per heavy atom. The average molecular weight is 185 g/mol. The summed E-state index contributed by atoms with van der Waals surface area (Å²) < 4.78 is 0. The molecule has 1 N–H and O–H groups in total. The van der Waals surface area contributed by atoms with Crippen LogP contribution in [0.3, 0.4) is 0 Å². The number of nitrogens with zero attached hydrogens (tertiary/aromatic N) is 1. The van der Waals surface area contributed by atoms with Crippen LogP contribution in [-0.4, -0.2) is 35.2 Å². The van der Waals surface area contributed by atoms with Gasteiger partial charge in [0.2, 0.25) is 0 Å². The van der Waals surface area contributed by atoms with Crippen molar-refractivity contribution in [3.05, 3.63) is 0 Å². The highest BCUT2D eigenvalue weighted by Gasteiger charge is 2.36. The lowest BCUT2D eigenvalue weighted by Gasteiger charge is -2.30. The topological polar surface area (TPSA) is 23.5 Å². The molecule has 0 bridgehead atoms. The Labute approximate surface area is 81.9 Å². The van der Waals surface area contributed by atoms with Crippen LogP contribution in [0.2, 0.25) is 0 Å². The molecule has 1 rings (SSSR count). The first-order chi connectivity index (χ1) is 6.10. The van der Waals surface area contributed by atoms with E-state index < -0.39 is 0 Å². The number of rotatable bonds is 4. The van der Waals surface area contributed by atoms with Gasteiger partial charge in [-0.2, -0.15) is 0 Å². The molecular weight excluding hydrogens is 162 g/mol. The fraction of sp³-hybridized carbons (Fsp3) is 1.00. The van der Waals surface area contributed by atoms with Crippen LogP contribution in [0.15, 0.2) is 0 Å². The number of hydrogen-bond acceptors (Lipinski definition) is 2. The van der Waals surface area contributed by atoms with Crippen molar-refractivity contribution in [1.82, 2.24) is 4.90 Å². The summed E-state index contributed by atoms with van der Waals surface area (Å²) in [7, 11) is 0. The molecule has 1 aliphatic rings. The molecule has 1 aliphatic heterocycles. The molecule has 0 amide bonds. The van der Waals surface area contributed by atoms with Crippen molar-refractivity contribution in [1.29, 1.82) is 0 Å². The summed E-state index contributed by atoms with van der Waals surface area (Å²) in [5.41, 5.74) is 0.357. The Bertz CT molecular complexity index is 156. The molecule has 0 aliphatic carbocycles. The first-order valence-electron chi connectivity index (χ1n) is 5.46. The van der Waals surface area contributed by atoms with Crippen molar-refractivity contribution in [2.45, 2.75) is 45.6 Å². The molecule has 0 spiro atoms. The summed E-state index contributed by atoms with van der Waals surface area (Å²) in [5.74, 6) is 0.714. The van der Waals surface area contributed by atoms with Crippen molar-refractivity contribution in [3.8, 4) is 0 Å². The Hall–Kier alpha value is -0.0800. The fourth-order valence-corrected chi connectivity index (χ4v) is 2.50. The molecule has 1 fully saturated rings. The lowest BCUT2D eigenvalue weighted by Crippen LogP contribution is -2.38. The number of hydrogen-bond donors (Lipinski definition) is 1. The third-order valence-electron chi connectivity index (χ3n) is 3.15. The van der Waals surface area contributed by atoms with Crippen LogP contribution in [-0.2, 0) is 0 Å². The van der Waals surface area contributed by atoms with E-state index in [2.05, 4.69) is 25.7 Å². The van der Waals surface area contributed by atoms with Crippen LogP contribution < -0.4 is 0 Å². The minimum atomic E-state index is 0.348. The number of aliphatic hydroxyl groups is 1. The molecule has 1 heterocycles. The van der Waals surface area contributed by atoms with Crippen molar-refractivity contribution >= 4 is 0 Å². The van der Waals surface area contributed by atoms with Gasteiger partial charge in [0, 0.05) is 18.7 Å². The molecule has 2 heteroatoms. The molecule has 0 aromatic heterocycles. The van der Waals surface area contributed by atoms with Crippen LogP contribution in [0.25, 0.3) is 0 Å². The quantitative estimate of drug-likeness (QED) is 0.723. The molecule has 1 atom stereocenters. The molecule has 1 unspecified atom stereocenters. The SMILES string of the molecule is CCCN1CC(CCO)CC1(C)C. The molecular formula is C11H23NO. The highest BCUT2D eigenvalue weighted by molar-refractivity contribution is 4.92. The second-order valence-electron chi connectivity index (χ2n) is 4.84. The molecule has 78 valence electrons. The molecule has 0 aromatic carbocycles. The monoisotopic (exact) mass is 185 g/mol. The number of aliphatic hydroxyl groups excluding tert-OH is 1. The zero-order valence-corrected chi connectivity index (χ0v) is 9.21. The molecule has 2 nitrogen and oxygen atoms in total. The van der Waals surface area contributed by atoms with E-state index in [-0.39, 0.29) is 0 Å². The summed E-state index contributed by atoms with van der Waals surface area (Å²) in [6.45, 7) is 9.60. The Morgan fingerprint density at radius 2 is 2.15 bits per heavy atom. The largest absolute Gasteiger partial charge is 0.396 e. The molecule has 1 saturated heterocycles. The fourth-order valence-electron chi connectivity index (χ4n) is 2.50. The predicted octanol–water partition coefficient (Wildman–Crippen LogP) is 1.88. The van der Waals surface area contributed by atoms with Gasteiger partial charge < -0.3 is 5.11 Å². The van der Waals surface area contributed by atoms with Gasteiger partial charge in [-0.3, -0.25) is 4.90 Å². The van der Waals surface area contributed by atoms with E-state index in [1.54, 1.807) is 0 Å². The van der Waals surface area contributed by atoms with E-state index in [1.165, 1.54) is 25.9 Å². The maximum absolute atomic E-state index is 8.89. The molecule has 0 radical (unpaired) electrons. The summed E-state index contributed by atoms with van der Waals surface area (Å²) in [6.07, 6.45) is 3.45. The van der Waals surface area contributed by atoms with Gasteiger partial charge in [-0.15, -0.1) is 0 Å². The van der Waals surface area contributed by atoms with Gasteiger partial charge in [0.25, 0.3) is 0 Å². The van der Waals surface area contributed by atoms with Crippen LogP contribution in [0.5, 0.6) is 0 Å². The second-order valence-corrected chi connectivity index (χ2v) is 4.84. The van der Waals surface area contributed by atoms with Crippen molar-refractivity contribution in [3.63, 3.8) is 0 Å². The zero-order chi connectivity index (χ0) is 9.90. The van der Waals surface area contributed by atoms with Crippen LogP contribution >= 0.6 is 0 Å². The van der Waals surface area contributed by atoms with Gasteiger partial charge in [-0.25, -0.2) is 0 Å². The van der Waals surface area contributed by atoms with Gasteiger partial charge in [-0.05, 0) is 45.6 Å². The third kappa shape index (κ3) is 2.68.